The average molecular weight is 315 g/mol. The summed E-state index contributed by atoms with van der Waals surface area (Å²) >= 11 is 0. The van der Waals surface area contributed by atoms with Gasteiger partial charge in [-0.2, -0.15) is 5.26 Å². The van der Waals surface area contributed by atoms with Gasteiger partial charge >= 0.3 is 0 Å². The van der Waals surface area contributed by atoms with Crippen molar-refractivity contribution in [2.24, 2.45) is 0 Å². The number of carbonyl (C=O) groups is 1. The number of ether oxygens (including phenoxy) is 1. The Morgan fingerprint density at radius 3 is 2.78 bits per heavy atom. The lowest BCUT2D eigenvalue weighted by molar-refractivity contribution is 0.0156. The molecule has 0 N–H and O–H groups in total. The van der Waals surface area contributed by atoms with Gasteiger partial charge in [0.05, 0.1) is 30.3 Å². The van der Waals surface area contributed by atoms with E-state index in [0.717, 1.165) is 12.1 Å². The summed E-state index contributed by atoms with van der Waals surface area (Å²) in [5.41, 5.74) is 0.255. The van der Waals surface area contributed by atoms with Gasteiger partial charge in [0.2, 0.25) is 5.88 Å². The Labute approximate surface area is 130 Å². The minimum absolute atomic E-state index is 0.172. The Hall–Kier alpha value is -3.01. The lowest BCUT2D eigenvalue weighted by atomic mass is 10.1. The van der Waals surface area contributed by atoms with E-state index in [-0.39, 0.29) is 24.8 Å². The maximum atomic E-state index is 13.6. The molecule has 1 amide bonds. The Bertz CT molecular complexity index is 798. The highest BCUT2D eigenvalue weighted by Gasteiger charge is 2.34. The fourth-order valence-electron chi connectivity index (χ4n) is 2.23. The Balaban J connectivity index is 1.60. The van der Waals surface area contributed by atoms with Crippen LogP contribution >= 0.6 is 0 Å². The molecule has 0 radical (unpaired) electrons. The maximum Gasteiger partial charge on any atom is 0.257 e. The van der Waals surface area contributed by atoms with Gasteiger partial charge in [-0.25, -0.2) is 13.8 Å². The lowest BCUT2D eigenvalue weighted by Crippen LogP contribution is -2.56. The zero-order valence-corrected chi connectivity index (χ0v) is 11.9. The molecule has 0 aliphatic carbocycles. The first-order valence-electron chi connectivity index (χ1n) is 6.84. The number of rotatable bonds is 3. The SMILES string of the molecule is N#Cc1ccnc(OC2CN(C(=O)c3ccc(F)cc3F)C2)c1. The molecule has 1 aliphatic heterocycles. The second kappa shape index (κ2) is 6.01. The van der Waals surface area contributed by atoms with Gasteiger partial charge < -0.3 is 9.64 Å². The van der Waals surface area contributed by atoms with Crippen molar-refractivity contribution in [3.05, 3.63) is 59.3 Å². The van der Waals surface area contributed by atoms with Crippen molar-refractivity contribution in [3.8, 4) is 11.9 Å². The van der Waals surface area contributed by atoms with Crippen molar-refractivity contribution in [1.29, 1.82) is 5.26 Å². The zero-order chi connectivity index (χ0) is 16.4. The topological polar surface area (TPSA) is 66.2 Å². The Morgan fingerprint density at radius 2 is 2.09 bits per heavy atom. The van der Waals surface area contributed by atoms with Crippen LogP contribution in [0.1, 0.15) is 15.9 Å². The van der Waals surface area contributed by atoms with Crippen LogP contribution in [0.15, 0.2) is 36.5 Å². The second-order valence-corrected chi connectivity index (χ2v) is 5.07. The van der Waals surface area contributed by atoms with Crippen LogP contribution in [0.3, 0.4) is 0 Å². The summed E-state index contributed by atoms with van der Waals surface area (Å²) in [6.45, 7) is 0.544. The lowest BCUT2D eigenvalue weighted by Gasteiger charge is -2.38. The first kappa shape index (κ1) is 14.9. The van der Waals surface area contributed by atoms with Crippen LogP contribution < -0.4 is 4.74 Å². The first-order chi connectivity index (χ1) is 11.1. The highest BCUT2D eigenvalue weighted by atomic mass is 19.1. The van der Waals surface area contributed by atoms with Gasteiger partial charge in [0, 0.05) is 18.3 Å². The van der Waals surface area contributed by atoms with Gasteiger partial charge in [-0.15, -0.1) is 0 Å². The Kier molecular flexibility index (Phi) is 3.89. The quantitative estimate of drug-likeness (QED) is 0.870. The van der Waals surface area contributed by atoms with Crippen LogP contribution in [-0.2, 0) is 0 Å². The van der Waals surface area contributed by atoms with Gasteiger partial charge in [-0.1, -0.05) is 0 Å². The van der Waals surface area contributed by atoms with Gasteiger partial charge in [0.1, 0.15) is 17.7 Å². The first-order valence-corrected chi connectivity index (χ1v) is 6.84. The van der Waals surface area contributed by atoms with E-state index in [2.05, 4.69) is 4.98 Å². The summed E-state index contributed by atoms with van der Waals surface area (Å²) in [4.78, 5) is 17.5. The van der Waals surface area contributed by atoms with Crippen LogP contribution in [0.5, 0.6) is 5.88 Å². The number of hydrogen-bond donors (Lipinski definition) is 0. The van der Waals surface area contributed by atoms with E-state index in [1.807, 2.05) is 6.07 Å². The van der Waals surface area contributed by atoms with Crippen molar-refractivity contribution in [3.63, 3.8) is 0 Å². The summed E-state index contributed by atoms with van der Waals surface area (Å²) in [5.74, 6) is -1.83. The highest BCUT2D eigenvalue weighted by Crippen LogP contribution is 2.20. The van der Waals surface area contributed by atoms with Gasteiger partial charge in [0.15, 0.2) is 0 Å². The highest BCUT2D eigenvalue weighted by molar-refractivity contribution is 5.95. The fourth-order valence-corrected chi connectivity index (χ4v) is 2.23. The molecule has 1 fully saturated rings. The minimum Gasteiger partial charge on any atom is -0.471 e. The summed E-state index contributed by atoms with van der Waals surface area (Å²) in [5, 5.41) is 8.81. The summed E-state index contributed by atoms with van der Waals surface area (Å²) in [7, 11) is 0. The third kappa shape index (κ3) is 3.11. The molecule has 0 atom stereocenters. The molecular formula is C16H11F2N3O2. The number of carbonyl (C=O) groups excluding carboxylic acids is 1. The van der Waals surface area contributed by atoms with Crippen molar-refractivity contribution in [2.45, 2.75) is 6.10 Å². The van der Waals surface area contributed by atoms with E-state index < -0.39 is 17.5 Å². The van der Waals surface area contributed by atoms with E-state index in [0.29, 0.717) is 17.5 Å². The molecule has 1 aliphatic rings. The molecule has 1 aromatic heterocycles. The van der Waals surface area contributed by atoms with Crippen LogP contribution in [-0.4, -0.2) is 35.0 Å². The molecule has 3 rings (SSSR count). The molecule has 7 heteroatoms. The predicted molar refractivity (Wildman–Crippen MR) is 75.6 cm³/mol. The van der Waals surface area contributed by atoms with Crippen LogP contribution in [0, 0.1) is 23.0 Å². The van der Waals surface area contributed by atoms with E-state index in [1.54, 1.807) is 6.07 Å². The number of nitrogens with zero attached hydrogens (tertiary/aromatic N) is 3. The average Bonchev–Trinajstić information content (AvgIpc) is 2.50. The molecule has 0 bridgehead atoms. The summed E-state index contributed by atoms with van der Waals surface area (Å²) < 4.78 is 32.0. The summed E-state index contributed by atoms with van der Waals surface area (Å²) in [6, 6.07) is 7.89. The largest absolute Gasteiger partial charge is 0.471 e. The Morgan fingerprint density at radius 1 is 1.30 bits per heavy atom. The predicted octanol–water partition coefficient (Wildman–Crippen LogP) is 2.13. The molecule has 5 nitrogen and oxygen atoms in total. The standard InChI is InChI=1S/C16H11F2N3O2/c17-11-1-2-13(14(18)6-11)16(22)21-8-12(9-21)23-15-5-10(7-19)3-4-20-15/h1-6,12H,8-9H2. The maximum absolute atomic E-state index is 13.6. The second-order valence-electron chi connectivity index (χ2n) is 5.07. The monoisotopic (exact) mass is 315 g/mol. The molecule has 1 saturated heterocycles. The van der Waals surface area contributed by atoms with Gasteiger partial charge in [-0.3, -0.25) is 4.79 Å². The van der Waals surface area contributed by atoms with Crippen molar-refractivity contribution < 1.29 is 18.3 Å². The van der Waals surface area contributed by atoms with Crippen LogP contribution in [0.25, 0.3) is 0 Å². The molecule has 23 heavy (non-hydrogen) atoms. The molecule has 116 valence electrons. The number of aromatic nitrogens is 1. The molecular weight excluding hydrogens is 304 g/mol. The number of pyridine rings is 1. The van der Waals surface area contributed by atoms with Crippen LogP contribution in [0.4, 0.5) is 8.78 Å². The number of nitriles is 1. The molecule has 0 spiro atoms. The van der Waals surface area contributed by atoms with Crippen molar-refractivity contribution >= 4 is 5.91 Å². The third-order valence-electron chi connectivity index (χ3n) is 3.45. The van der Waals surface area contributed by atoms with E-state index in [4.69, 9.17) is 10.00 Å². The van der Waals surface area contributed by atoms with Crippen molar-refractivity contribution in [2.75, 3.05) is 13.1 Å². The van der Waals surface area contributed by atoms with E-state index >= 15 is 0 Å². The smallest absolute Gasteiger partial charge is 0.257 e. The normalized spacial score (nSPS) is 14.0. The molecule has 0 unspecified atom stereocenters. The van der Waals surface area contributed by atoms with Gasteiger partial charge in [0.25, 0.3) is 5.91 Å². The van der Waals surface area contributed by atoms with Gasteiger partial charge in [-0.05, 0) is 18.2 Å². The zero-order valence-electron chi connectivity index (χ0n) is 11.9. The molecule has 2 aromatic rings. The van der Waals surface area contributed by atoms with Crippen LogP contribution in [0.2, 0.25) is 0 Å². The number of hydrogen-bond acceptors (Lipinski definition) is 4. The number of amides is 1. The van der Waals surface area contributed by atoms with Crippen molar-refractivity contribution in [1.82, 2.24) is 9.88 Å². The molecule has 0 saturated carbocycles. The van der Waals surface area contributed by atoms with E-state index in [1.165, 1.54) is 17.2 Å². The number of likely N-dealkylation sites (tertiary alicyclic amines) is 1. The summed E-state index contributed by atoms with van der Waals surface area (Å²) in [6.07, 6.45) is 1.19. The fraction of sp³-hybridized carbons (Fsp3) is 0.188. The number of halogens is 2. The molecule has 1 aromatic carbocycles. The number of benzene rings is 1. The minimum atomic E-state index is -0.886. The molecule has 2 heterocycles. The third-order valence-corrected chi connectivity index (χ3v) is 3.45. The van der Waals surface area contributed by atoms with E-state index in [9.17, 15) is 13.6 Å².